The van der Waals surface area contributed by atoms with Crippen molar-refractivity contribution in [1.29, 1.82) is 0 Å². The van der Waals surface area contributed by atoms with Crippen LogP contribution < -0.4 is 5.73 Å². The third-order valence-electron chi connectivity index (χ3n) is 2.23. The quantitative estimate of drug-likeness (QED) is 0.688. The number of nitrogens with two attached hydrogens (primary N) is 1. The normalized spacial score (nSPS) is 12.9. The molecule has 0 saturated heterocycles. The van der Waals surface area contributed by atoms with Crippen LogP contribution in [-0.2, 0) is 0 Å². The van der Waals surface area contributed by atoms with Crippen molar-refractivity contribution in [3.8, 4) is 0 Å². The van der Waals surface area contributed by atoms with Gasteiger partial charge in [0.25, 0.3) is 0 Å². The van der Waals surface area contributed by atoms with E-state index < -0.39 is 0 Å². The molecule has 2 N–H and O–H groups in total. The molecule has 2 nitrogen and oxygen atoms in total. The Morgan fingerprint density at radius 2 is 1.77 bits per heavy atom. The Hall–Kier alpha value is -0.0800. The first kappa shape index (κ1) is 12.9. The lowest BCUT2D eigenvalue weighted by molar-refractivity contribution is 0.280. The Morgan fingerprint density at radius 3 is 2.15 bits per heavy atom. The zero-order valence-corrected chi connectivity index (χ0v) is 9.93. The number of hydrogen-bond donors (Lipinski definition) is 1. The molecule has 13 heavy (non-hydrogen) atoms. The zero-order valence-electron chi connectivity index (χ0n) is 9.93. The van der Waals surface area contributed by atoms with E-state index in [1.165, 1.54) is 13.0 Å². The molecule has 0 fully saturated rings. The Bertz CT molecular complexity index is 125. The van der Waals surface area contributed by atoms with Gasteiger partial charge >= 0.3 is 0 Å². The molecule has 0 spiro atoms. The monoisotopic (exact) mass is 186 g/mol. The molecule has 0 aliphatic carbocycles. The number of rotatable bonds is 6. The molecule has 0 saturated carbocycles. The number of hydrogen-bond acceptors (Lipinski definition) is 2. The van der Waals surface area contributed by atoms with Gasteiger partial charge in [0.05, 0.1) is 0 Å². The van der Waals surface area contributed by atoms with Crippen LogP contribution in [0, 0.1) is 5.92 Å². The van der Waals surface area contributed by atoms with Gasteiger partial charge in [-0.1, -0.05) is 13.8 Å². The van der Waals surface area contributed by atoms with Gasteiger partial charge in [-0.25, -0.2) is 0 Å². The predicted molar refractivity (Wildman–Crippen MR) is 59.8 cm³/mol. The van der Waals surface area contributed by atoms with Crippen molar-refractivity contribution in [2.24, 2.45) is 11.7 Å². The van der Waals surface area contributed by atoms with Crippen molar-refractivity contribution in [3.63, 3.8) is 0 Å². The molecular weight excluding hydrogens is 160 g/mol. The molecule has 0 aromatic carbocycles. The molecular formula is C11H26N2. The summed E-state index contributed by atoms with van der Waals surface area (Å²) in [5, 5.41) is 0. The fourth-order valence-corrected chi connectivity index (χ4v) is 1.07. The highest BCUT2D eigenvalue weighted by molar-refractivity contribution is 4.73. The van der Waals surface area contributed by atoms with Crippen molar-refractivity contribution in [2.75, 3.05) is 20.1 Å². The molecule has 0 bridgehead atoms. The lowest BCUT2D eigenvalue weighted by Gasteiger charge is -2.23. The molecule has 0 rings (SSSR count). The predicted octanol–water partition coefficient (Wildman–Crippen LogP) is 2.09. The first-order chi connectivity index (χ1) is 5.81. The summed E-state index contributed by atoms with van der Waals surface area (Å²) in [6, 6.07) is 0. The van der Waals surface area contributed by atoms with E-state index >= 15 is 0 Å². The van der Waals surface area contributed by atoms with Crippen LogP contribution in [-0.4, -0.2) is 30.6 Å². The summed E-state index contributed by atoms with van der Waals surface area (Å²) in [5.74, 6) is 0.799. The van der Waals surface area contributed by atoms with Gasteiger partial charge in [0.1, 0.15) is 0 Å². The van der Waals surface area contributed by atoms with Crippen LogP contribution >= 0.6 is 0 Å². The van der Waals surface area contributed by atoms with Gasteiger partial charge in [0.2, 0.25) is 0 Å². The van der Waals surface area contributed by atoms with Crippen molar-refractivity contribution < 1.29 is 0 Å². The van der Waals surface area contributed by atoms with E-state index in [0.717, 1.165) is 18.9 Å². The van der Waals surface area contributed by atoms with Gasteiger partial charge in [0.15, 0.2) is 0 Å². The maximum atomic E-state index is 5.91. The Labute approximate surface area is 83.5 Å². The Balaban J connectivity index is 3.46. The average molecular weight is 186 g/mol. The molecule has 0 aliphatic heterocycles. The Morgan fingerprint density at radius 1 is 1.23 bits per heavy atom. The molecule has 0 atom stereocenters. The van der Waals surface area contributed by atoms with Crippen molar-refractivity contribution in [3.05, 3.63) is 0 Å². The summed E-state index contributed by atoms with van der Waals surface area (Å²) in [7, 11) is 2.17. The minimum atomic E-state index is -0.0217. The molecule has 0 aromatic heterocycles. The van der Waals surface area contributed by atoms with Crippen molar-refractivity contribution >= 4 is 0 Å². The molecule has 0 aromatic rings. The molecule has 2 heteroatoms. The second-order valence-electron chi connectivity index (χ2n) is 5.22. The van der Waals surface area contributed by atoms with E-state index in [-0.39, 0.29) is 5.54 Å². The molecule has 0 unspecified atom stereocenters. The molecule has 0 heterocycles. The topological polar surface area (TPSA) is 29.3 Å². The highest BCUT2D eigenvalue weighted by Gasteiger charge is 2.11. The summed E-state index contributed by atoms with van der Waals surface area (Å²) in [5.41, 5.74) is 5.89. The van der Waals surface area contributed by atoms with E-state index in [1.54, 1.807) is 0 Å². The molecule has 0 amide bonds. The highest BCUT2D eigenvalue weighted by Crippen LogP contribution is 2.06. The SMILES string of the molecule is CC(C)CCN(C)CCC(C)(C)N. The van der Waals surface area contributed by atoms with Crippen LogP contribution in [0.25, 0.3) is 0 Å². The van der Waals surface area contributed by atoms with E-state index in [4.69, 9.17) is 5.73 Å². The van der Waals surface area contributed by atoms with E-state index in [9.17, 15) is 0 Å². The van der Waals surface area contributed by atoms with Gasteiger partial charge in [-0.3, -0.25) is 0 Å². The largest absolute Gasteiger partial charge is 0.326 e. The van der Waals surface area contributed by atoms with Gasteiger partial charge in [0, 0.05) is 5.54 Å². The summed E-state index contributed by atoms with van der Waals surface area (Å²) in [6.45, 7) is 11.0. The Kier molecular flexibility index (Phi) is 5.57. The molecule has 80 valence electrons. The van der Waals surface area contributed by atoms with E-state index in [1.807, 2.05) is 0 Å². The van der Waals surface area contributed by atoms with Crippen LogP contribution in [0.2, 0.25) is 0 Å². The maximum Gasteiger partial charge on any atom is 0.0109 e. The third kappa shape index (κ3) is 9.84. The van der Waals surface area contributed by atoms with Crippen LogP contribution in [0.4, 0.5) is 0 Å². The first-order valence-corrected chi connectivity index (χ1v) is 5.28. The van der Waals surface area contributed by atoms with Gasteiger partial charge in [-0.05, 0) is 52.7 Å². The maximum absolute atomic E-state index is 5.91. The van der Waals surface area contributed by atoms with Crippen LogP contribution in [0.1, 0.15) is 40.5 Å². The summed E-state index contributed by atoms with van der Waals surface area (Å²) >= 11 is 0. The molecule has 0 radical (unpaired) electrons. The fraction of sp³-hybridized carbons (Fsp3) is 1.00. The zero-order chi connectivity index (χ0) is 10.5. The van der Waals surface area contributed by atoms with E-state index in [0.29, 0.717) is 0 Å². The second kappa shape index (κ2) is 5.61. The molecule has 0 aliphatic rings. The highest BCUT2D eigenvalue weighted by atomic mass is 15.1. The lowest BCUT2D eigenvalue weighted by atomic mass is 10.0. The minimum Gasteiger partial charge on any atom is -0.326 e. The van der Waals surface area contributed by atoms with Gasteiger partial charge in [-0.2, -0.15) is 0 Å². The summed E-state index contributed by atoms with van der Waals surface area (Å²) < 4.78 is 0. The fourth-order valence-electron chi connectivity index (χ4n) is 1.07. The summed E-state index contributed by atoms with van der Waals surface area (Å²) in [4.78, 5) is 2.37. The van der Waals surface area contributed by atoms with Crippen molar-refractivity contribution in [2.45, 2.75) is 46.1 Å². The average Bonchev–Trinajstić information content (AvgIpc) is 1.95. The second-order valence-corrected chi connectivity index (χ2v) is 5.22. The van der Waals surface area contributed by atoms with Crippen LogP contribution in [0.5, 0.6) is 0 Å². The van der Waals surface area contributed by atoms with Gasteiger partial charge < -0.3 is 10.6 Å². The van der Waals surface area contributed by atoms with Crippen molar-refractivity contribution in [1.82, 2.24) is 4.90 Å². The number of nitrogens with zero attached hydrogens (tertiary/aromatic N) is 1. The lowest BCUT2D eigenvalue weighted by Crippen LogP contribution is -2.36. The smallest absolute Gasteiger partial charge is 0.0109 e. The summed E-state index contributed by atoms with van der Waals surface area (Å²) in [6.07, 6.45) is 2.35. The van der Waals surface area contributed by atoms with E-state index in [2.05, 4.69) is 39.6 Å². The van der Waals surface area contributed by atoms with Gasteiger partial charge in [-0.15, -0.1) is 0 Å². The first-order valence-electron chi connectivity index (χ1n) is 5.28. The van der Waals surface area contributed by atoms with Crippen LogP contribution in [0.3, 0.4) is 0 Å². The third-order valence-corrected chi connectivity index (χ3v) is 2.23. The minimum absolute atomic E-state index is 0.0217. The van der Waals surface area contributed by atoms with Crippen LogP contribution in [0.15, 0.2) is 0 Å². The standard InChI is InChI=1S/C11H26N2/c1-10(2)6-8-13(5)9-7-11(3,4)12/h10H,6-9,12H2,1-5H3.